The predicted molar refractivity (Wildman–Crippen MR) is 41.0 cm³/mol. The smallest absolute Gasteiger partial charge is 0.0261 e. The zero-order valence-electron chi connectivity index (χ0n) is 6.42. The van der Waals surface area contributed by atoms with Crippen molar-refractivity contribution in [3.05, 3.63) is 0 Å². The molecule has 0 aromatic rings. The molecule has 1 radical (unpaired) electrons. The first kappa shape index (κ1) is 6.62. The number of nitrogens with zero attached hydrogens (tertiary/aromatic N) is 2. The molecule has 0 N–H and O–H groups in total. The Labute approximate surface area is 62.6 Å². The van der Waals surface area contributed by atoms with E-state index in [-0.39, 0.29) is 0 Å². The predicted octanol–water partition coefficient (Wildman–Crippen LogP) is 0.316. The van der Waals surface area contributed by atoms with Crippen LogP contribution in [0.15, 0.2) is 0 Å². The van der Waals surface area contributed by atoms with E-state index < -0.39 is 0 Å². The van der Waals surface area contributed by atoms with E-state index in [9.17, 15) is 0 Å². The van der Waals surface area contributed by atoms with Gasteiger partial charge in [0, 0.05) is 32.7 Å². The third-order valence-corrected chi connectivity index (χ3v) is 2.36. The number of rotatable bonds is 2. The standard InChI is InChI=1S/C8H15N2/c1-2-8(1)7-10-5-3-9-4-6-10/h8H,1-7H2. The molecule has 0 atom stereocenters. The average Bonchev–Trinajstić information content (AvgIpc) is 2.74. The highest BCUT2D eigenvalue weighted by Gasteiger charge is 2.24. The van der Waals surface area contributed by atoms with Gasteiger partial charge in [-0.1, -0.05) is 0 Å². The number of hydrogen-bond acceptors (Lipinski definition) is 1. The van der Waals surface area contributed by atoms with Crippen molar-refractivity contribution in [2.45, 2.75) is 12.8 Å². The van der Waals surface area contributed by atoms with Crippen LogP contribution in [0.5, 0.6) is 0 Å². The lowest BCUT2D eigenvalue weighted by molar-refractivity contribution is 0.230. The van der Waals surface area contributed by atoms with Crippen molar-refractivity contribution >= 4 is 0 Å². The summed E-state index contributed by atoms with van der Waals surface area (Å²) in [6, 6.07) is 0. The summed E-state index contributed by atoms with van der Waals surface area (Å²) in [7, 11) is 0. The number of hydrogen-bond donors (Lipinski definition) is 0. The Bertz CT molecular complexity index is 104. The van der Waals surface area contributed by atoms with E-state index in [0.29, 0.717) is 0 Å². The van der Waals surface area contributed by atoms with Crippen molar-refractivity contribution in [3.8, 4) is 0 Å². The van der Waals surface area contributed by atoms with Crippen LogP contribution < -0.4 is 5.32 Å². The molecule has 10 heavy (non-hydrogen) atoms. The summed E-state index contributed by atoms with van der Waals surface area (Å²) < 4.78 is 0. The fourth-order valence-corrected chi connectivity index (χ4v) is 1.50. The lowest BCUT2D eigenvalue weighted by atomic mass is 10.3. The highest BCUT2D eigenvalue weighted by atomic mass is 15.2. The Morgan fingerprint density at radius 1 is 1.20 bits per heavy atom. The van der Waals surface area contributed by atoms with Crippen LogP contribution in [0.4, 0.5) is 0 Å². The molecule has 2 aliphatic rings. The third kappa shape index (κ3) is 1.70. The normalized spacial score (nSPS) is 28.8. The molecule has 1 saturated heterocycles. The Kier molecular flexibility index (Phi) is 1.91. The molecule has 1 heterocycles. The molecule has 1 aliphatic carbocycles. The van der Waals surface area contributed by atoms with Gasteiger partial charge in [-0.3, -0.25) is 0 Å². The highest BCUT2D eigenvalue weighted by molar-refractivity contribution is 4.79. The van der Waals surface area contributed by atoms with Crippen LogP contribution in [-0.2, 0) is 0 Å². The molecule has 2 nitrogen and oxygen atoms in total. The van der Waals surface area contributed by atoms with Gasteiger partial charge >= 0.3 is 0 Å². The molecule has 1 saturated carbocycles. The largest absolute Gasteiger partial charge is 0.300 e. The van der Waals surface area contributed by atoms with Crippen LogP contribution in [0.25, 0.3) is 0 Å². The third-order valence-electron chi connectivity index (χ3n) is 2.36. The molecule has 1 aliphatic heterocycles. The van der Waals surface area contributed by atoms with Crippen LogP contribution in [0, 0.1) is 5.92 Å². The Hall–Kier alpha value is -0.0800. The van der Waals surface area contributed by atoms with E-state index in [1.165, 1.54) is 32.5 Å². The highest BCUT2D eigenvalue weighted by Crippen LogP contribution is 2.29. The molecule has 2 rings (SSSR count). The molecule has 2 heteroatoms. The molecular formula is C8H15N2. The van der Waals surface area contributed by atoms with Crippen LogP contribution in [-0.4, -0.2) is 37.6 Å². The second-order valence-electron chi connectivity index (χ2n) is 3.41. The van der Waals surface area contributed by atoms with Crippen LogP contribution in [0.3, 0.4) is 0 Å². The van der Waals surface area contributed by atoms with Crippen molar-refractivity contribution in [2.24, 2.45) is 5.92 Å². The fourth-order valence-electron chi connectivity index (χ4n) is 1.50. The summed E-state index contributed by atoms with van der Waals surface area (Å²) in [5.74, 6) is 1.05. The lowest BCUT2D eigenvalue weighted by Gasteiger charge is -2.25. The lowest BCUT2D eigenvalue weighted by Crippen LogP contribution is -2.41. The molecular weight excluding hydrogens is 124 g/mol. The Morgan fingerprint density at radius 2 is 1.90 bits per heavy atom. The summed E-state index contributed by atoms with van der Waals surface area (Å²) >= 11 is 0. The topological polar surface area (TPSA) is 17.3 Å². The first-order valence-electron chi connectivity index (χ1n) is 4.31. The summed E-state index contributed by atoms with van der Waals surface area (Å²) in [5, 5.41) is 4.31. The number of piperazine rings is 1. The second kappa shape index (κ2) is 2.89. The van der Waals surface area contributed by atoms with E-state index >= 15 is 0 Å². The van der Waals surface area contributed by atoms with E-state index in [0.717, 1.165) is 19.0 Å². The maximum Gasteiger partial charge on any atom is 0.0261 e. The molecule has 0 unspecified atom stereocenters. The Morgan fingerprint density at radius 3 is 2.50 bits per heavy atom. The first-order chi connectivity index (χ1) is 4.95. The molecule has 0 spiro atoms. The van der Waals surface area contributed by atoms with E-state index in [4.69, 9.17) is 0 Å². The minimum atomic E-state index is 1.05. The van der Waals surface area contributed by atoms with Gasteiger partial charge in [0.1, 0.15) is 0 Å². The van der Waals surface area contributed by atoms with Gasteiger partial charge in [-0.05, 0) is 18.8 Å². The summed E-state index contributed by atoms with van der Waals surface area (Å²) in [4.78, 5) is 2.56. The van der Waals surface area contributed by atoms with Crippen molar-refractivity contribution in [2.75, 3.05) is 32.7 Å². The van der Waals surface area contributed by atoms with Crippen LogP contribution >= 0.6 is 0 Å². The van der Waals surface area contributed by atoms with Crippen LogP contribution in [0.2, 0.25) is 0 Å². The fraction of sp³-hybridized carbons (Fsp3) is 1.00. The molecule has 0 amide bonds. The molecule has 2 fully saturated rings. The van der Waals surface area contributed by atoms with Crippen molar-refractivity contribution in [3.63, 3.8) is 0 Å². The monoisotopic (exact) mass is 139 g/mol. The van der Waals surface area contributed by atoms with Gasteiger partial charge < -0.3 is 4.90 Å². The van der Waals surface area contributed by atoms with Crippen molar-refractivity contribution < 1.29 is 0 Å². The first-order valence-corrected chi connectivity index (χ1v) is 4.31. The van der Waals surface area contributed by atoms with E-state index in [1.54, 1.807) is 0 Å². The second-order valence-corrected chi connectivity index (χ2v) is 3.41. The van der Waals surface area contributed by atoms with Gasteiger partial charge in [-0.25, -0.2) is 5.32 Å². The molecule has 0 bridgehead atoms. The maximum atomic E-state index is 4.31. The van der Waals surface area contributed by atoms with Gasteiger partial charge in [-0.2, -0.15) is 0 Å². The minimum absolute atomic E-state index is 1.05. The zero-order valence-corrected chi connectivity index (χ0v) is 6.42. The zero-order chi connectivity index (χ0) is 6.81. The summed E-state index contributed by atoms with van der Waals surface area (Å²) in [6.45, 7) is 5.95. The maximum absolute atomic E-state index is 4.31. The van der Waals surface area contributed by atoms with Gasteiger partial charge in [0.15, 0.2) is 0 Å². The van der Waals surface area contributed by atoms with Crippen LogP contribution in [0.1, 0.15) is 12.8 Å². The van der Waals surface area contributed by atoms with Gasteiger partial charge in [-0.15, -0.1) is 0 Å². The van der Waals surface area contributed by atoms with Crippen molar-refractivity contribution in [1.29, 1.82) is 0 Å². The average molecular weight is 139 g/mol. The van der Waals surface area contributed by atoms with Gasteiger partial charge in [0.2, 0.25) is 0 Å². The van der Waals surface area contributed by atoms with Crippen molar-refractivity contribution in [1.82, 2.24) is 10.2 Å². The van der Waals surface area contributed by atoms with E-state index in [1.807, 2.05) is 0 Å². The van der Waals surface area contributed by atoms with Gasteiger partial charge in [0.05, 0.1) is 0 Å². The summed E-state index contributed by atoms with van der Waals surface area (Å²) in [5.41, 5.74) is 0. The SMILES string of the molecule is C1CN(CC2CC2)CC[N]1. The Balaban J connectivity index is 1.69. The molecule has 0 aromatic heterocycles. The quantitative estimate of drug-likeness (QED) is 0.538. The molecule has 0 aromatic carbocycles. The molecule has 57 valence electrons. The summed E-state index contributed by atoms with van der Waals surface area (Å²) in [6.07, 6.45) is 2.96. The van der Waals surface area contributed by atoms with E-state index in [2.05, 4.69) is 10.2 Å². The van der Waals surface area contributed by atoms with Gasteiger partial charge in [0.25, 0.3) is 0 Å². The minimum Gasteiger partial charge on any atom is -0.300 e.